The van der Waals surface area contributed by atoms with Gasteiger partial charge in [0.25, 0.3) is 11.7 Å². The normalized spacial score (nSPS) is 17.9. The Hall–Kier alpha value is -3.12. The zero-order valence-electron chi connectivity index (χ0n) is 18.3. The van der Waals surface area contributed by atoms with E-state index in [0.717, 1.165) is 24.0 Å². The summed E-state index contributed by atoms with van der Waals surface area (Å²) in [5.74, 6) is -0.937. The molecule has 6 heteroatoms. The van der Waals surface area contributed by atoms with E-state index in [9.17, 15) is 14.7 Å². The topological polar surface area (TPSA) is 76.1 Å². The van der Waals surface area contributed by atoms with Gasteiger partial charge in [-0.25, -0.2) is 0 Å². The molecule has 0 saturated carbocycles. The number of benzene rings is 2. The third kappa shape index (κ3) is 4.80. The van der Waals surface area contributed by atoms with Crippen LogP contribution < -0.4 is 4.74 Å². The van der Waals surface area contributed by atoms with Gasteiger partial charge in [0.2, 0.25) is 0 Å². The molecule has 0 aliphatic carbocycles. The number of rotatable bonds is 9. The van der Waals surface area contributed by atoms with Crippen LogP contribution in [0.4, 0.5) is 0 Å². The summed E-state index contributed by atoms with van der Waals surface area (Å²) in [6.45, 7) is 5.16. The van der Waals surface area contributed by atoms with Gasteiger partial charge in [0, 0.05) is 19.2 Å². The van der Waals surface area contributed by atoms with E-state index in [-0.39, 0.29) is 24.5 Å². The van der Waals surface area contributed by atoms with E-state index in [2.05, 4.69) is 6.92 Å². The van der Waals surface area contributed by atoms with Crippen LogP contribution in [0.2, 0.25) is 0 Å². The molecule has 1 N–H and O–H groups in total. The van der Waals surface area contributed by atoms with Crippen molar-refractivity contribution >= 4 is 17.4 Å². The summed E-state index contributed by atoms with van der Waals surface area (Å²) < 4.78 is 10.8. The molecule has 0 radical (unpaired) electrons. The van der Waals surface area contributed by atoms with Gasteiger partial charge in [-0.15, -0.1) is 0 Å². The number of hydrogen-bond acceptors (Lipinski definition) is 5. The molecule has 1 amide bonds. The first kappa shape index (κ1) is 22.6. The van der Waals surface area contributed by atoms with Gasteiger partial charge in [-0.05, 0) is 36.1 Å². The molecule has 1 aliphatic rings. The van der Waals surface area contributed by atoms with Crippen LogP contribution >= 0.6 is 0 Å². The predicted molar refractivity (Wildman–Crippen MR) is 119 cm³/mol. The second kappa shape index (κ2) is 10.3. The smallest absolute Gasteiger partial charge is 0.295 e. The molecule has 1 atom stereocenters. The van der Waals surface area contributed by atoms with E-state index in [1.807, 2.05) is 31.2 Å². The summed E-state index contributed by atoms with van der Waals surface area (Å²) in [6.07, 6.45) is 1.74. The summed E-state index contributed by atoms with van der Waals surface area (Å²) in [7, 11) is 1.55. The molecule has 1 unspecified atom stereocenters. The van der Waals surface area contributed by atoms with Gasteiger partial charge < -0.3 is 19.5 Å². The lowest BCUT2D eigenvalue weighted by Crippen LogP contribution is -2.32. The average Bonchev–Trinajstić information content (AvgIpc) is 3.05. The Morgan fingerprint density at radius 3 is 2.45 bits per heavy atom. The fourth-order valence-electron chi connectivity index (χ4n) is 3.69. The second-order valence-corrected chi connectivity index (χ2v) is 7.46. The van der Waals surface area contributed by atoms with Crippen LogP contribution in [0.5, 0.6) is 5.75 Å². The van der Waals surface area contributed by atoms with Crippen LogP contribution in [0, 0.1) is 0 Å². The van der Waals surface area contributed by atoms with Crippen molar-refractivity contribution in [1.29, 1.82) is 0 Å². The van der Waals surface area contributed by atoms with Gasteiger partial charge in [0.05, 0.1) is 24.8 Å². The summed E-state index contributed by atoms with van der Waals surface area (Å²) in [5.41, 5.74) is 2.44. The quantitative estimate of drug-likeness (QED) is 0.373. The molecule has 0 bridgehead atoms. The molecule has 1 heterocycles. The average molecular weight is 424 g/mol. The van der Waals surface area contributed by atoms with E-state index in [0.29, 0.717) is 17.9 Å². The van der Waals surface area contributed by atoms with E-state index in [1.54, 1.807) is 31.4 Å². The molecule has 0 aromatic heterocycles. The third-order valence-corrected chi connectivity index (χ3v) is 5.36. The number of nitrogens with zero attached hydrogens (tertiary/aromatic N) is 1. The monoisotopic (exact) mass is 423 g/mol. The molecular weight excluding hydrogens is 394 g/mol. The van der Waals surface area contributed by atoms with E-state index in [4.69, 9.17) is 9.47 Å². The summed E-state index contributed by atoms with van der Waals surface area (Å²) >= 11 is 0. The Labute approximate surface area is 183 Å². The molecule has 164 valence electrons. The molecule has 1 fully saturated rings. The van der Waals surface area contributed by atoms with Crippen molar-refractivity contribution in [2.24, 2.45) is 0 Å². The Balaban J connectivity index is 2.09. The lowest BCUT2D eigenvalue weighted by atomic mass is 9.94. The van der Waals surface area contributed by atoms with Crippen LogP contribution in [0.1, 0.15) is 43.0 Å². The van der Waals surface area contributed by atoms with Gasteiger partial charge in [-0.2, -0.15) is 0 Å². The lowest BCUT2D eigenvalue weighted by molar-refractivity contribution is -0.140. The maximum absolute atomic E-state index is 13.0. The molecule has 1 aliphatic heterocycles. The number of ether oxygens (including phenoxy) is 2. The first-order valence-electron chi connectivity index (χ1n) is 10.6. The minimum absolute atomic E-state index is 0.0815. The number of aliphatic hydroxyl groups excluding tert-OH is 1. The van der Waals surface area contributed by atoms with Crippen molar-refractivity contribution in [3.05, 3.63) is 70.8 Å². The number of amides is 1. The number of ketones is 1. The lowest BCUT2D eigenvalue weighted by Gasteiger charge is -2.25. The fraction of sp³-hybridized carbons (Fsp3) is 0.360. The highest BCUT2D eigenvalue weighted by molar-refractivity contribution is 6.46. The van der Waals surface area contributed by atoms with Crippen LogP contribution in [0.25, 0.3) is 5.76 Å². The number of aliphatic hydroxyl groups is 1. The van der Waals surface area contributed by atoms with Crippen molar-refractivity contribution < 1.29 is 24.2 Å². The Morgan fingerprint density at radius 1 is 1.06 bits per heavy atom. The van der Waals surface area contributed by atoms with Crippen LogP contribution in [0.15, 0.2) is 54.1 Å². The van der Waals surface area contributed by atoms with Crippen LogP contribution in [-0.4, -0.2) is 48.6 Å². The maximum Gasteiger partial charge on any atom is 0.295 e. The molecule has 31 heavy (non-hydrogen) atoms. The van der Waals surface area contributed by atoms with Crippen molar-refractivity contribution in [2.75, 3.05) is 26.9 Å². The number of carbonyl (C=O) groups excluding carboxylic acids is 2. The SMILES string of the molecule is CCCOc1cccc(/C(O)=C2/C(=O)C(=O)N(CCOC)C2c2ccc(CC)cc2)c1. The maximum atomic E-state index is 13.0. The number of Topliss-reactive ketones (excluding diaryl/α,β-unsaturated/α-hetero) is 1. The minimum atomic E-state index is -0.696. The van der Waals surface area contributed by atoms with Gasteiger partial charge in [0.15, 0.2) is 0 Å². The van der Waals surface area contributed by atoms with Crippen molar-refractivity contribution in [1.82, 2.24) is 4.90 Å². The van der Waals surface area contributed by atoms with Crippen LogP contribution in [-0.2, 0) is 20.7 Å². The number of aryl methyl sites for hydroxylation is 1. The number of hydrogen-bond donors (Lipinski definition) is 1. The molecular formula is C25H29NO5. The standard InChI is InChI=1S/C25H29NO5/c1-4-14-31-20-8-6-7-19(16-20)23(27)21-22(18-11-9-17(5-2)10-12-18)26(13-15-30-3)25(29)24(21)28/h6-12,16,22,27H,4-5,13-15H2,1-3H3/b23-21-. The Kier molecular flexibility index (Phi) is 7.47. The number of methoxy groups -OCH3 is 1. The van der Waals surface area contributed by atoms with Crippen molar-refractivity contribution in [3.8, 4) is 5.75 Å². The molecule has 6 nitrogen and oxygen atoms in total. The van der Waals surface area contributed by atoms with Gasteiger partial charge >= 0.3 is 0 Å². The summed E-state index contributed by atoms with van der Waals surface area (Å²) in [5, 5.41) is 11.1. The summed E-state index contributed by atoms with van der Waals surface area (Å²) in [6, 6.07) is 14.0. The van der Waals surface area contributed by atoms with Crippen molar-refractivity contribution in [3.63, 3.8) is 0 Å². The zero-order valence-corrected chi connectivity index (χ0v) is 18.3. The van der Waals surface area contributed by atoms with E-state index < -0.39 is 17.7 Å². The van der Waals surface area contributed by atoms with E-state index >= 15 is 0 Å². The Morgan fingerprint density at radius 2 is 1.81 bits per heavy atom. The fourth-order valence-corrected chi connectivity index (χ4v) is 3.69. The highest BCUT2D eigenvalue weighted by atomic mass is 16.5. The minimum Gasteiger partial charge on any atom is -0.507 e. The third-order valence-electron chi connectivity index (χ3n) is 5.36. The second-order valence-electron chi connectivity index (χ2n) is 7.46. The molecule has 3 rings (SSSR count). The molecule has 2 aromatic rings. The largest absolute Gasteiger partial charge is 0.507 e. The molecule has 1 saturated heterocycles. The zero-order chi connectivity index (χ0) is 22.4. The number of likely N-dealkylation sites (tertiary alicyclic amines) is 1. The van der Waals surface area contributed by atoms with Gasteiger partial charge in [-0.1, -0.05) is 50.2 Å². The van der Waals surface area contributed by atoms with Gasteiger partial charge in [-0.3, -0.25) is 9.59 Å². The number of carbonyl (C=O) groups is 2. The molecule has 0 spiro atoms. The van der Waals surface area contributed by atoms with Crippen LogP contribution in [0.3, 0.4) is 0 Å². The first-order chi connectivity index (χ1) is 15.0. The van der Waals surface area contributed by atoms with E-state index in [1.165, 1.54) is 4.90 Å². The van der Waals surface area contributed by atoms with Gasteiger partial charge in [0.1, 0.15) is 11.5 Å². The highest BCUT2D eigenvalue weighted by Gasteiger charge is 2.45. The van der Waals surface area contributed by atoms with Crippen molar-refractivity contribution in [2.45, 2.75) is 32.7 Å². The predicted octanol–water partition coefficient (Wildman–Crippen LogP) is 4.11. The molecule has 2 aromatic carbocycles. The summed E-state index contributed by atoms with van der Waals surface area (Å²) in [4.78, 5) is 27.3. The highest BCUT2D eigenvalue weighted by Crippen LogP contribution is 2.39. The first-order valence-corrected chi connectivity index (χ1v) is 10.6. The Bertz CT molecular complexity index is 964.